The summed E-state index contributed by atoms with van der Waals surface area (Å²) in [5.74, 6) is 1.04. The van der Waals surface area contributed by atoms with Gasteiger partial charge in [0.2, 0.25) is 0 Å². The highest BCUT2D eigenvalue weighted by Crippen LogP contribution is 2.44. The Morgan fingerprint density at radius 2 is 1.67 bits per heavy atom. The van der Waals surface area contributed by atoms with Crippen molar-refractivity contribution < 1.29 is 9.47 Å². The number of methoxy groups -OCH3 is 2. The molecule has 2 rings (SSSR count). The average molecular weight is 411 g/mol. The van der Waals surface area contributed by atoms with E-state index < -0.39 is 5.38 Å². The Hall–Kier alpha value is -0.610. The summed E-state index contributed by atoms with van der Waals surface area (Å²) >= 11 is 22.3. The molecule has 0 fully saturated rings. The fourth-order valence-electron chi connectivity index (χ4n) is 1.99. The van der Waals surface area contributed by atoms with Gasteiger partial charge in [-0.15, -0.1) is 11.6 Å². The van der Waals surface area contributed by atoms with Crippen LogP contribution in [0, 0.1) is 0 Å². The molecule has 0 saturated carbocycles. The monoisotopic (exact) mass is 408 g/mol. The van der Waals surface area contributed by atoms with Crippen LogP contribution in [0.5, 0.6) is 11.5 Å². The minimum absolute atomic E-state index is 0.397. The van der Waals surface area contributed by atoms with E-state index in [0.29, 0.717) is 21.5 Å². The van der Waals surface area contributed by atoms with E-state index in [9.17, 15) is 0 Å². The average Bonchev–Trinajstić information content (AvgIpc) is 2.46. The highest BCUT2D eigenvalue weighted by molar-refractivity contribution is 9.10. The first kappa shape index (κ1) is 16.8. The summed E-state index contributed by atoms with van der Waals surface area (Å²) in [6, 6.07) is 9.04. The van der Waals surface area contributed by atoms with Crippen molar-refractivity contribution >= 4 is 50.7 Å². The van der Waals surface area contributed by atoms with Gasteiger partial charge in [-0.1, -0.05) is 45.2 Å². The van der Waals surface area contributed by atoms with Gasteiger partial charge in [-0.2, -0.15) is 0 Å². The van der Waals surface area contributed by atoms with E-state index in [0.717, 1.165) is 15.6 Å². The quantitative estimate of drug-likeness (QED) is 0.567. The molecule has 112 valence electrons. The van der Waals surface area contributed by atoms with Gasteiger partial charge in [0, 0.05) is 15.1 Å². The third-order valence-corrected chi connectivity index (χ3v) is 4.77. The zero-order valence-corrected chi connectivity index (χ0v) is 15.1. The molecule has 2 aromatic rings. The molecule has 0 aliphatic rings. The number of hydrogen-bond acceptors (Lipinski definition) is 2. The van der Waals surface area contributed by atoms with Crippen molar-refractivity contribution in [1.29, 1.82) is 0 Å². The molecule has 2 aromatic carbocycles. The van der Waals surface area contributed by atoms with Crippen molar-refractivity contribution in [1.82, 2.24) is 0 Å². The molecule has 0 radical (unpaired) electrons. The van der Waals surface area contributed by atoms with Crippen LogP contribution in [0.15, 0.2) is 34.8 Å². The van der Waals surface area contributed by atoms with E-state index in [4.69, 9.17) is 44.3 Å². The number of benzene rings is 2. The zero-order valence-electron chi connectivity index (χ0n) is 11.3. The van der Waals surface area contributed by atoms with Crippen LogP contribution in [0.3, 0.4) is 0 Å². The van der Waals surface area contributed by atoms with Gasteiger partial charge < -0.3 is 9.47 Å². The van der Waals surface area contributed by atoms with Crippen molar-refractivity contribution in [2.24, 2.45) is 0 Å². The highest BCUT2D eigenvalue weighted by Gasteiger charge is 2.22. The molecule has 0 heterocycles. The molecule has 2 nitrogen and oxygen atoms in total. The number of halogens is 4. The van der Waals surface area contributed by atoms with Crippen LogP contribution in [0.1, 0.15) is 16.5 Å². The second-order valence-corrected chi connectivity index (χ2v) is 6.34. The Labute approximate surface area is 147 Å². The number of ether oxygens (including phenoxy) is 2. The van der Waals surface area contributed by atoms with Gasteiger partial charge in [-0.3, -0.25) is 0 Å². The Bertz CT molecular complexity index is 662. The molecule has 0 aromatic heterocycles. The summed E-state index contributed by atoms with van der Waals surface area (Å²) in [4.78, 5) is 0. The lowest BCUT2D eigenvalue weighted by Gasteiger charge is -2.18. The van der Waals surface area contributed by atoms with E-state index >= 15 is 0 Å². The molecule has 21 heavy (non-hydrogen) atoms. The van der Waals surface area contributed by atoms with Crippen LogP contribution in [0.4, 0.5) is 0 Å². The second-order valence-electron chi connectivity index (χ2n) is 4.23. The smallest absolute Gasteiger partial charge is 0.146 e. The van der Waals surface area contributed by atoms with Crippen LogP contribution in [0.25, 0.3) is 0 Å². The fourth-order valence-corrected chi connectivity index (χ4v) is 3.72. The summed E-state index contributed by atoms with van der Waals surface area (Å²) in [6.45, 7) is 0. The summed E-state index contributed by atoms with van der Waals surface area (Å²) in [7, 11) is 3.10. The third kappa shape index (κ3) is 3.42. The third-order valence-electron chi connectivity index (χ3n) is 3.02. The van der Waals surface area contributed by atoms with Gasteiger partial charge in [-0.25, -0.2) is 0 Å². The van der Waals surface area contributed by atoms with E-state index in [-0.39, 0.29) is 0 Å². The molecule has 0 spiro atoms. The molecule has 0 saturated heterocycles. The van der Waals surface area contributed by atoms with Crippen molar-refractivity contribution in [2.45, 2.75) is 5.38 Å². The lowest BCUT2D eigenvalue weighted by Crippen LogP contribution is -2.00. The maximum Gasteiger partial charge on any atom is 0.146 e. The fraction of sp³-hybridized carbons (Fsp3) is 0.200. The summed E-state index contributed by atoms with van der Waals surface area (Å²) in [5.41, 5.74) is 1.63. The molecule has 0 N–H and O–H groups in total. The Morgan fingerprint density at radius 3 is 2.24 bits per heavy atom. The van der Waals surface area contributed by atoms with Crippen molar-refractivity contribution in [3.05, 3.63) is 56.0 Å². The molecule has 1 atom stereocenters. The normalized spacial score (nSPS) is 12.1. The molecular weight excluding hydrogens is 398 g/mol. The van der Waals surface area contributed by atoms with Crippen LogP contribution in [-0.4, -0.2) is 14.2 Å². The van der Waals surface area contributed by atoms with Crippen molar-refractivity contribution in [2.75, 3.05) is 14.2 Å². The van der Waals surface area contributed by atoms with E-state index in [2.05, 4.69) is 15.9 Å². The summed E-state index contributed by atoms with van der Waals surface area (Å²) in [5, 5.41) is 0.595. The van der Waals surface area contributed by atoms with E-state index in [1.807, 2.05) is 12.1 Å². The first-order valence-corrected chi connectivity index (χ1v) is 7.97. The Kier molecular flexibility index (Phi) is 5.67. The van der Waals surface area contributed by atoms with Crippen LogP contribution in [0.2, 0.25) is 10.0 Å². The summed E-state index contributed by atoms with van der Waals surface area (Å²) < 4.78 is 11.4. The van der Waals surface area contributed by atoms with E-state index in [1.165, 1.54) is 0 Å². The number of alkyl halides is 1. The van der Waals surface area contributed by atoms with Gasteiger partial charge in [-0.05, 0) is 29.8 Å². The SMILES string of the molecule is COc1ccc(C(Cl)c2ccc(Cl)cc2Br)c(OC)c1Cl. The Morgan fingerprint density at radius 1 is 1.00 bits per heavy atom. The first-order valence-electron chi connectivity index (χ1n) is 5.99. The maximum absolute atomic E-state index is 6.59. The standard InChI is InChI=1S/C15H12BrCl3O2/c1-20-12-6-5-10(15(21-2)14(12)19)13(18)9-4-3-8(17)7-11(9)16/h3-7,13H,1-2H3. The van der Waals surface area contributed by atoms with Crippen molar-refractivity contribution in [3.8, 4) is 11.5 Å². The number of rotatable bonds is 4. The van der Waals surface area contributed by atoms with Gasteiger partial charge in [0.15, 0.2) is 0 Å². The predicted octanol–water partition coefficient (Wildman–Crippen LogP) is 6.10. The van der Waals surface area contributed by atoms with Crippen LogP contribution >= 0.6 is 50.7 Å². The van der Waals surface area contributed by atoms with E-state index in [1.54, 1.807) is 32.4 Å². The molecule has 0 aliphatic heterocycles. The largest absolute Gasteiger partial charge is 0.495 e. The molecule has 0 amide bonds. The first-order chi connectivity index (χ1) is 9.99. The lowest BCUT2D eigenvalue weighted by atomic mass is 10.0. The minimum atomic E-state index is -0.435. The zero-order chi connectivity index (χ0) is 15.6. The van der Waals surface area contributed by atoms with Gasteiger partial charge in [0.05, 0.1) is 19.6 Å². The predicted molar refractivity (Wildman–Crippen MR) is 91.4 cm³/mol. The molecule has 1 unspecified atom stereocenters. The second kappa shape index (κ2) is 7.10. The molecule has 0 aliphatic carbocycles. The highest BCUT2D eigenvalue weighted by atomic mass is 79.9. The lowest BCUT2D eigenvalue weighted by molar-refractivity contribution is 0.392. The molecule has 0 bridgehead atoms. The van der Waals surface area contributed by atoms with Gasteiger partial charge in [0.1, 0.15) is 16.5 Å². The van der Waals surface area contributed by atoms with Gasteiger partial charge in [0.25, 0.3) is 0 Å². The summed E-state index contributed by atoms with van der Waals surface area (Å²) in [6.07, 6.45) is 0. The molecular formula is C15H12BrCl3O2. The molecule has 6 heteroatoms. The topological polar surface area (TPSA) is 18.5 Å². The number of hydrogen-bond donors (Lipinski definition) is 0. The van der Waals surface area contributed by atoms with Crippen molar-refractivity contribution in [3.63, 3.8) is 0 Å². The van der Waals surface area contributed by atoms with Crippen LogP contribution < -0.4 is 9.47 Å². The van der Waals surface area contributed by atoms with Crippen LogP contribution in [-0.2, 0) is 0 Å². The Balaban J connectivity index is 2.52. The maximum atomic E-state index is 6.59. The van der Waals surface area contributed by atoms with Gasteiger partial charge >= 0.3 is 0 Å². The minimum Gasteiger partial charge on any atom is -0.495 e.